The highest BCUT2D eigenvalue weighted by Crippen LogP contribution is 2.31. The summed E-state index contributed by atoms with van der Waals surface area (Å²) in [7, 11) is -3.74. The van der Waals surface area contributed by atoms with Crippen LogP contribution in [-0.4, -0.2) is 52.8 Å². The first-order valence-corrected chi connectivity index (χ1v) is 12.5. The highest BCUT2D eigenvalue weighted by molar-refractivity contribution is 7.93. The molecule has 1 heterocycles. The van der Waals surface area contributed by atoms with Gasteiger partial charge in [0.15, 0.2) is 0 Å². The van der Waals surface area contributed by atoms with Gasteiger partial charge in [0, 0.05) is 30.7 Å². The number of benzene rings is 2. The molecule has 33 heavy (non-hydrogen) atoms. The number of alkyl halides is 2. The molecular formula is C23H25ClF2N2O4S. The molecule has 1 atom stereocenters. The van der Waals surface area contributed by atoms with Crippen LogP contribution >= 0.6 is 11.6 Å². The van der Waals surface area contributed by atoms with E-state index >= 15 is 0 Å². The topological polar surface area (TPSA) is 67.9 Å². The molecule has 178 valence electrons. The summed E-state index contributed by atoms with van der Waals surface area (Å²) in [6.45, 7) is -0.156. The normalized spacial score (nSPS) is 18.0. The second-order valence-corrected chi connectivity index (χ2v) is 10.2. The lowest BCUT2D eigenvalue weighted by molar-refractivity contribution is -0.0498. The maximum absolute atomic E-state index is 13.1. The summed E-state index contributed by atoms with van der Waals surface area (Å²) < 4.78 is 63.8. The first-order chi connectivity index (χ1) is 15.8. The lowest BCUT2D eigenvalue weighted by Gasteiger charge is -2.35. The number of morpholine rings is 1. The molecular weight excluding hydrogens is 474 g/mol. The maximum atomic E-state index is 13.1. The van der Waals surface area contributed by atoms with Crippen molar-refractivity contribution in [2.24, 2.45) is 0 Å². The Morgan fingerprint density at radius 2 is 1.91 bits per heavy atom. The van der Waals surface area contributed by atoms with E-state index < -0.39 is 16.6 Å². The third-order valence-corrected chi connectivity index (χ3v) is 7.62. The third kappa shape index (κ3) is 6.10. The summed E-state index contributed by atoms with van der Waals surface area (Å²) in [5, 5.41) is 0.593. The van der Waals surface area contributed by atoms with E-state index in [-0.39, 0.29) is 29.7 Å². The largest absolute Gasteiger partial charge is 0.435 e. The fourth-order valence-electron chi connectivity index (χ4n) is 4.17. The molecule has 0 spiro atoms. The van der Waals surface area contributed by atoms with E-state index in [9.17, 15) is 17.2 Å². The number of ether oxygens (including phenoxy) is 2. The van der Waals surface area contributed by atoms with Gasteiger partial charge >= 0.3 is 6.61 Å². The van der Waals surface area contributed by atoms with E-state index in [2.05, 4.69) is 14.4 Å². The van der Waals surface area contributed by atoms with Crippen LogP contribution in [-0.2, 0) is 21.2 Å². The SMILES string of the molecule is O=S(=O)(NCC(c1cccc(Cl)c1)N1CCOCC1)C1=Cc2ccc(OC(F)F)cc2CC1. The number of allylic oxidation sites excluding steroid dienone is 1. The zero-order valence-corrected chi connectivity index (χ0v) is 19.4. The van der Waals surface area contributed by atoms with Crippen molar-refractivity contribution >= 4 is 27.7 Å². The van der Waals surface area contributed by atoms with Crippen molar-refractivity contribution in [1.82, 2.24) is 9.62 Å². The predicted octanol–water partition coefficient (Wildman–Crippen LogP) is 4.22. The van der Waals surface area contributed by atoms with Crippen LogP contribution < -0.4 is 9.46 Å². The fourth-order valence-corrected chi connectivity index (χ4v) is 5.59. The van der Waals surface area contributed by atoms with Crippen molar-refractivity contribution in [1.29, 1.82) is 0 Å². The molecule has 1 aliphatic carbocycles. The van der Waals surface area contributed by atoms with Crippen LogP contribution in [0.3, 0.4) is 0 Å². The summed E-state index contributed by atoms with van der Waals surface area (Å²) >= 11 is 6.18. The molecule has 1 unspecified atom stereocenters. The third-order valence-electron chi connectivity index (χ3n) is 5.83. The van der Waals surface area contributed by atoms with Gasteiger partial charge in [-0.25, -0.2) is 13.1 Å². The monoisotopic (exact) mass is 498 g/mol. The molecule has 1 aliphatic heterocycles. The van der Waals surface area contributed by atoms with Crippen LogP contribution in [0, 0.1) is 0 Å². The molecule has 1 saturated heterocycles. The van der Waals surface area contributed by atoms with Crippen molar-refractivity contribution in [3.63, 3.8) is 0 Å². The lowest BCUT2D eigenvalue weighted by atomic mass is 9.97. The van der Waals surface area contributed by atoms with Crippen LogP contribution in [0.25, 0.3) is 6.08 Å². The number of hydrogen-bond donors (Lipinski definition) is 1. The van der Waals surface area contributed by atoms with Gasteiger partial charge in [0.25, 0.3) is 0 Å². The van der Waals surface area contributed by atoms with Gasteiger partial charge in [-0.3, -0.25) is 4.90 Å². The van der Waals surface area contributed by atoms with Crippen LogP contribution in [0.4, 0.5) is 8.78 Å². The number of rotatable bonds is 8. The Morgan fingerprint density at radius 1 is 1.12 bits per heavy atom. The van der Waals surface area contributed by atoms with Gasteiger partial charge in [-0.1, -0.05) is 29.8 Å². The second kappa shape index (κ2) is 10.5. The number of hydrogen-bond acceptors (Lipinski definition) is 5. The predicted molar refractivity (Wildman–Crippen MR) is 123 cm³/mol. The Labute approximate surface area is 197 Å². The quantitative estimate of drug-likeness (QED) is 0.590. The van der Waals surface area contributed by atoms with E-state index in [0.717, 1.165) is 11.1 Å². The molecule has 2 aromatic rings. The Hall–Kier alpha value is -2.04. The molecule has 0 aromatic heterocycles. The first kappa shape index (κ1) is 24.1. The molecule has 10 heteroatoms. The van der Waals surface area contributed by atoms with Gasteiger partial charge in [0.1, 0.15) is 5.75 Å². The number of nitrogens with one attached hydrogen (secondary N) is 1. The average molecular weight is 499 g/mol. The Bertz CT molecular complexity index is 1120. The molecule has 0 radical (unpaired) electrons. The standard InChI is InChI=1S/C23H25ClF2N2O4S/c24-19-3-1-2-18(12-19)22(28-8-10-31-11-9-28)15-27-33(29,30)21-7-5-16-13-20(32-23(25)26)6-4-17(16)14-21/h1-4,6,12-14,22-23,27H,5,7-11,15H2. The number of nitrogens with zero attached hydrogens (tertiary/aromatic N) is 1. The zero-order valence-electron chi connectivity index (χ0n) is 17.8. The highest BCUT2D eigenvalue weighted by Gasteiger charge is 2.27. The Kier molecular flexibility index (Phi) is 7.65. The van der Waals surface area contributed by atoms with Crippen LogP contribution in [0.5, 0.6) is 5.75 Å². The minimum Gasteiger partial charge on any atom is -0.435 e. The summed E-state index contributed by atoms with van der Waals surface area (Å²) in [6, 6.07) is 11.8. The van der Waals surface area contributed by atoms with Gasteiger partial charge < -0.3 is 9.47 Å². The molecule has 0 saturated carbocycles. The zero-order chi connectivity index (χ0) is 23.4. The van der Waals surface area contributed by atoms with Gasteiger partial charge in [-0.2, -0.15) is 8.78 Å². The second-order valence-electron chi connectivity index (χ2n) is 7.92. The number of aryl methyl sites for hydroxylation is 1. The van der Waals surface area contributed by atoms with Crippen molar-refractivity contribution in [2.75, 3.05) is 32.8 Å². The molecule has 0 amide bonds. The minimum atomic E-state index is -3.74. The molecule has 0 bridgehead atoms. The van der Waals surface area contributed by atoms with Gasteiger partial charge in [-0.15, -0.1) is 0 Å². The average Bonchev–Trinajstić information content (AvgIpc) is 2.79. The van der Waals surface area contributed by atoms with Gasteiger partial charge in [0.05, 0.1) is 18.1 Å². The first-order valence-electron chi connectivity index (χ1n) is 10.7. The summed E-state index contributed by atoms with van der Waals surface area (Å²) in [5.74, 6) is 0.0662. The summed E-state index contributed by atoms with van der Waals surface area (Å²) in [5.41, 5.74) is 2.39. The van der Waals surface area contributed by atoms with E-state index in [1.54, 1.807) is 18.2 Å². The van der Waals surface area contributed by atoms with Gasteiger partial charge in [0.2, 0.25) is 10.0 Å². The fraction of sp³-hybridized carbons (Fsp3) is 0.391. The van der Waals surface area contributed by atoms with Crippen LogP contribution in [0.15, 0.2) is 47.4 Å². The molecule has 6 nitrogen and oxygen atoms in total. The van der Waals surface area contributed by atoms with Crippen LogP contribution in [0.2, 0.25) is 5.02 Å². The van der Waals surface area contributed by atoms with Crippen molar-refractivity contribution in [3.05, 3.63) is 69.1 Å². The van der Waals surface area contributed by atoms with Crippen molar-refractivity contribution in [3.8, 4) is 5.75 Å². The van der Waals surface area contributed by atoms with E-state index in [4.69, 9.17) is 16.3 Å². The maximum Gasteiger partial charge on any atom is 0.387 e. The van der Waals surface area contributed by atoms with E-state index in [0.29, 0.717) is 43.3 Å². The minimum absolute atomic E-state index is 0.0662. The summed E-state index contributed by atoms with van der Waals surface area (Å²) in [4.78, 5) is 2.46. The molecule has 1 N–H and O–H groups in total. The Morgan fingerprint density at radius 3 is 2.64 bits per heavy atom. The lowest BCUT2D eigenvalue weighted by Crippen LogP contribution is -2.44. The van der Waals surface area contributed by atoms with Crippen molar-refractivity contribution in [2.45, 2.75) is 25.5 Å². The molecule has 2 aromatic carbocycles. The van der Waals surface area contributed by atoms with E-state index in [1.165, 1.54) is 12.1 Å². The smallest absolute Gasteiger partial charge is 0.387 e. The van der Waals surface area contributed by atoms with E-state index in [1.807, 2.05) is 18.2 Å². The highest BCUT2D eigenvalue weighted by atomic mass is 35.5. The van der Waals surface area contributed by atoms with Gasteiger partial charge in [-0.05, 0) is 59.9 Å². The number of sulfonamides is 1. The number of halogens is 3. The molecule has 1 fully saturated rings. The molecule has 4 rings (SSSR count). The molecule has 2 aliphatic rings. The Balaban J connectivity index is 1.51. The number of fused-ring (bicyclic) bond motifs is 1. The summed E-state index contributed by atoms with van der Waals surface area (Å²) in [6.07, 6.45) is 2.29. The van der Waals surface area contributed by atoms with Crippen molar-refractivity contribution < 1.29 is 26.7 Å². The van der Waals surface area contributed by atoms with Crippen LogP contribution in [0.1, 0.15) is 29.2 Å².